The van der Waals surface area contributed by atoms with Crippen molar-refractivity contribution in [1.82, 2.24) is 16.0 Å². The third-order valence-electron chi connectivity index (χ3n) is 4.32. The van der Waals surface area contributed by atoms with E-state index in [0.717, 1.165) is 29.0 Å². The molecule has 3 N–H and O–H groups in total. The Labute approximate surface area is 182 Å². The Morgan fingerprint density at radius 2 is 1.70 bits per heavy atom. The number of rotatable bonds is 10. The molecule has 1 amide bonds. The van der Waals surface area contributed by atoms with Crippen LogP contribution < -0.4 is 25.4 Å². The highest BCUT2D eigenvalue weighted by molar-refractivity contribution is 6.31. The van der Waals surface area contributed by atoms with Crippen molar-refractivity contribution in [3.63, 3.8) is 0 Å². The Bertz CT molecular complexity index is 841. The monoisotopic (exact) mass is 432 g/mol. The van der Waals surface area contributed by atoms with E-state index in [9.17, 15) is 4.79 Å². The van der Waals surface area contributed by atoms with Gasteiger partial charge in [-0.2, -0.15) is 0 Å². The summed E-state index contributed by atoms with van der Waals surface area (Å²) >= 11 is 6.28. The van der Waals surface area contributed by atoms with Crippen LogP contribution in [0, 0.1) is 0 Å². The lowest BCUT2D eigenvalue weighted by Gasteiger charge is -2.12. The molecular formula is C22H29ClN4O3. The molecule has 7 nitrogen and oxygen atoms in total. The smallest absolute Gasteiger partial charge is 0.242 e. The third kappa shape index (κ3) is 7.83. The summed E-state index contributed by atoms with van der Waals surface area (Å²) in [6.45, 7) is 3.78. The molecule has 0 heterocycles. The van der Waals surface area contributed by atoms with Gasteiger partial charge in [0.15, 0.2) is 5.96 Å². The zero-order chi connectivity index (χ0) is 21.8. The first-order chi connectivity index (χ1) is 14.5. The second-order valence-electron chi connectivity index (χ2n) is 6.45. The second kappa shape index (κ2) is 12.6. The van der Waals surface area contributed by atoms with Gasteiger partial charge in [0.05, 0.1) is 14.2 Å². The molecule has 162 valence electrons. The minimum absolute atomic E-state index is 0.0365. The van der Waals surface area contributed by atoms with Crippen LogP contribution in [0.15, 0.2) is 47.5 Å². The molecule has 8 heteroatoms. The zero-order valence-corrected chi connectivity index (χ0v) is 18.4. The number of methoxy groups -OCH3 is 2. The van der Waals surface area contributed by atoms with Crippen molar-refractivity contribution in [2.24, 2.45) is 4.99 Å². The van der Waals surface area contributed by atoms with Crippen molar-refractivity contribution < 1.29 is 14.3 Å². The Hall–Kier alpha value is -2.93. The number of nitrogens with one attached hydrogen (secondary N) is 3. The number of nitrogens with zero attached hydrogens (tertiary/aromatic N) is 1. The van der Waals surface area contributed by atoms with Gasteiger partial charge in [-0.15, -0.1) is 0 Å². The lowest BCUT2D eigenvalue weighted by molar-refractivity contribution is -0.119. The van der Waals surface area contributed by atoms with Crippen LogP contribution in [0.4, 0.5) is 0 Å². The van der Waals surface area contributed by atoms with Crippen molar-refractivity contribution in [2.45, 2.75) is 19.9 Å². The van der Waals surface area contributed by atoms with Gasteiger partial charge in [-0.25, -0.2) is 4.99 Å². The van der Waals surface area contributed by atoms with E-state index in [1.165, 1.54) is 0 Å². The average Bonchev–Trinajstić information content (AvgIpc) is 2.77. The van der Waals surface area contributed by atoms with Gasteiger partial charge in [-0.05, 0) is 48.7 Å². The van der Waals surface area contributed by atoms with Crippen LogP contribution in [0.2, 0.25) is 5.02 Å². The van der Waals surface area contributed by atoms with Crippen LogP contribution in [0.3, 0.4) is 0 Å². The molecule has 30 heavy (non-hydrogen) atoms. The SMILES string of the molecule is CCNC(=NCC(=O)NCc1ccc(OC)cc1)NCCc1ccc(OC)cc1Cl. The van der Waals surface area contributed by atoms with E-state index in [1.807, 2.05) is 43.3 Å². The average molecular weight is 433 g/mol. The first kappa shape index (κ1) is 23.3. The van der Waals surface area contributed by atoms with Crippen LogP contribution in [-0.2, 0) is 17.8 Å². The number of guanidine groups is 1. The predicted molar refractivity (Wildman–Crippen MR) is 121 cm³/mol. The molecule has 0 aliphatic carbocycles. The number of hydrogen-bond acceptors (Lipinski definition) is 4. The largest absolute Gasteiger partial charge is 0.497 e. The van der Waals surface area contributed by atoms with Gasteiger partial charge in [0.25, 0.3) is 0 Å². The summed E-state index contributed by atoms with van der Waals surface area (Å²) in [6, 6.07) is 13.2. The van der Waals surface area contributed by atoms with E-state index in [4.69, 9.17) is 21.1 Å². The highest BCUT2D eigenvalue weighted by Gasteiger charge is 2.05. The van der Waals surface area contributed by atoms with E-state index in [1.54, 1.807) is 20.3 Å². The summed E-state index contributed by atoms with van der Waals surface area (Å²) in [5, 5.41) is 9.88. The molecule has 0 aliphatic rings. The molecule has 0 saturated heterocycles. The summed E-state index contributed by atoms with van der Waals surface area (Å²) in [5.74, 6) is 1.95. The topological polar surface area (TPSA) is 84.0 Å². The Morgan fingerprint density at radius 3 is 2.33 bits per heavy atom. The number of ether oxygens (including phenoxy) is 2. The number of hydrogen-bond donors (Lipinski definition) is 3. The Balaban J connectivity index is 1.80. The van der Waals surface area contributed by atoms with Gasteiger partial charge in [0, 0.05) is 24.7 Å². The predicted octanol–water partition coefficient (Wildman–Crippen LogP) is 2.77. The molecule has 2 aromatic carbocycles. The maximum absolute atomic E-state index is 12.1. The molecule has 0 saturated carbocycles. The van der Waals surface area contributed by atoms with Crippen molar-refractivity contribution in [3.05, 3.63) is 58.6 Å². The van der Waals surface area contributed by atoms with E-state index in [-0.39, 0.29) is 12.5 Å². The summed E-state index contributed by atoms with van der Waals surface area (Å²) in [5.41, 5.74) is 2.01. The molecule has 2 aromatic rings. The maximum atomic E-state index is 12.1. The quantitative estimate of drug-likeness (QED) is 0.397. The lowest BCUT2D eigenvalue weighted by Crippen LogP contribution is -2.39. The minimum atomic E-state index is -0.152. The fourth-order valence-corrected chi connectivity index (χ4v) is 2.93. The first-order valence-electron chi connectivity index (χ1n) is 9.80. The number of aliphatic imine (C=N–C) groups is 1. The van der Waals surface area contributed by atoms with Gasteiger partial charge in [0.1, 0.15) is 18.0 Å². The fourth-order valence-electron chi connectivity index (χ4n) is 2.67. The third-order valence-corrected chi connectivity index (χ3v) is 4.67. The summed E-state index contributed by atoms with van der Waals surface area (Å²) in [4.78, 5) is 16.5. The first-order valence-corrected chi connectivity index (χ1v) is 10.2. The second-order valence-corrected chi connectivity index (χ2v) is 6.86. The zero-order valence-electron chi connectivity index (χ0n) is 17.6. The van der Waals surface area contributed by atoms with E-state index in [0.29, 0.717) is 30.6 Å². The minimum Gasteiger partial charge on any atom is -0.497 e. The van der Waals surface area contributed by atoms with E-state index in [2.05, 4.69) is 20.9 Å². The Kier molecular flexibility index (Phi) is 9.80. The van der Waals surface area contributed by atoms with Crippen molar-refractivity contribution in [2.75, 3.05) is 33.9 Å². The van der Waals surface area contributed by atoms with Gasteiger partial charge < -0.3 is 25.4 Å². The van der Waals surface area contributed by atoms with Crippen LogP contribution in [-0.4, -0.2) is 45.7 Å². The number of halogens is 1. The Morgan fingerprint density at radius 1 is 1.00 bits per heavy atom. The van der Waals surface area contributed by atoms with Gasteiger partial charge in [-0.3, -0.25) is 4.79 Å². The molecule has 0 spiro atoms. The van der Waals surface area contributed by atoms with Crippen LogP contribution >= 0.6 is 11.6 Å². The lowest BCUT2D eigenvalue weighted by atomic mass is 10.1. The number of amides is 1. The summed E-state index contributed by atoms with van der Waals surface area (Å²) in [7, 11) is 3.23. The molecule has 0 radical (unpaired) electrons. The highest BCUT2D eigenvalue weighted by atomic mass is 35.5. The van der Waals surface area contributed by atoms with Crippen LogP contribution in [0.25, 0.3) is 0 Å². The molecule has 0 unspecified atom stereocenters. The van der Waals surface area contributed by atoms with Gasteiger partial charge >= 0.3 is 0 Å². The molecule has 0 fully saturated rings. The fraction of sp³-hybridized carbons (Fsp3) is 0.364. The highest BCUT2D eigenvalue weighted by Crippen LogP contribution is 2.22. The number of carbonyl (C=O) groups excluding carboxylic acids is 1. The molecule has 0 bridgehead atoms. The van der Waals surface area contributed by atoms with Crippen molar-refractivity contribution >= 4 is 23.5 Å². The van der Waals surface area contributed by atoms with Crippen molar-refractivity contribution in [1.29, 1.82) is 0 Å². The molecule has 2 rings (SSSR count). The van der Waals surface area contributed by atoms with E-state index >= 15 is 0 Å². The molecular weight excluding hydrogens is 404 g/mol. The summed E-state index contributed by atoms with van der Waals surface area (Å²) < 4.78 is 10.3. The van der Waals surface area contributed by atoms with Gasteiger partial charge in [0.2, 0.25) is 5.91 Å². The maximum Gasteiger partial charge on any atom is 0.242 e. The number of benzene rings is 2. The van der Waals surface area contributed by atoms with E-state index < -0.39 is 0 Å². The van der Waals surface area contributed by atoms with Gasteiger partial charge in [-0.1, -0.05) is 29.8 Å². The normalized spacial score (nSPS) is 11.0. The van der Waals surface area contributed by atoms with Crippen molar-refractivity contribution in [3.8, 4) is 11.5 Å². The molecule has 0 aromatic heterocycles. The van der Waals surface area contributed by atoms with Crippen LogP contribution in [0.5, 0.6) is 11.5 Å². The van der Waals surface area contributed by atoms with Crippen LogP contribution in [0.1, 0.15) is 18.1 Å². The summed E-state index contributed by atoms with van der Waals surface area (Å²) in [6.07, 6.45) is 0.719. The molecule has 0 aliphatic heterocycles. The standard InChI is InChI=1S/C22H29ClN4O3/c1-4-24-22(25-12-11-17-7-10-19(30-3)13-20(17)23)27-15-21(28)26-14-16-5-8-18(29-2)9-6-16/h5-10,13H,4,11-12,14-15H2,1-3H3,(H,26,28)(H2,24,25,27). The molecule has 0 atom stereocenters. The number of carbonyl (C=O) groups is 1.